The average molecular weight is 223 g/mol. The van der Waals surface area contributed by atoms with E-state index in [0.717, 1.165) is 0 Å². The fourth-order valence-corrected chi connectivity index (χ4v) is 1.20. The van der Waals surface area contributed by atoms with Crippen molar-refractivity contribution < 1.29 is 9.18 Å². The first kappa shape index (κ1) is 11.6. The van der Waals surface area contributed by atoms with Crippen LogP contribution in [0.3, 0.4) is 0 Å². The molecule has 0 aromatic heterocycles. The molecule has 1 rings (SSSR count). The van der Waals surface area contributed by atoms with Gasteiger partial charge in [0.15, 0.2) is 0 Å². The van der Waals surface area contributed by atoms with Crippen LogP contribution in [-0.4, -0.2) is 12.5 Å². The van der Waals surface area contributed by atoms with Gasteiger partial charge in [0, 0.05) is 4.90 Å². The number of carbonyl (C=O) groups is 1. The van der Waals surface area contributed by atoms with Gasteiger partial charge in [0.2, 0.25) is 0 Å². The first-order valence-electron chi connectivity index (χ1n) is 4.31. The van der Waals surface area contributed by atoms with Crippen molar-refractivity contribution in [1.82, 2.24) is 5.32 Å². The van der Waals surface area contributed by atoms with E-state index >= 15 is 0 Å². The Kier molecular flexibility index (Phi) is 4.19. The third-order valence-corrected chi connectivity index (χ3v) is 1.99. The minimum absolute atomic E-state index is 0.0135. The van der Waals surface area contributed by atoms with Crippen molar-refractivity contribution in [1.29, 1.82) is 0 Å². The fourth-order valence-electron chi connectivity index (χ4n) is 0.995. The molecule has 0 spiro atoms. The summed E-state index contributed by atoms with van der Waals surface area (Å²) in [6.45, 7) is 1.88. The number of carbonyl (C=O) groups excluding carboxylic acids is 1. The van der Waals surface area contributed by atoms with E-state index in [0.29, 0.717) is 4.90 Å². The molecule has 0 saturated carbocycles. The first-order chi connectivity index (χ1) is 7.15. The summed E-state index contributed by atoms with van der Waals surface area (Å²) in [6, 6.07) is 4.08. The van der Waals surface area contributed by atoms with Gasteiger partial charge in [-0.05, 0) is 25.1 Å². The Balaban J connectivity index is 2.80. The molecule has 1 amide bonds. The predicted octanol–water partition coefficient (Wildman–Crippen LogP) is 1.87. The molecule has 0 aliphatic carbocycles. The number of rotatable bonds is 2. The van der Waals surface area contributed by atoms with E-state index in [1.54, 1.807) is 6.92 Å². The molecule has 0 atom stereocenters. The Hall–Kier alpha value is -1.47. The monoisotopic (exact) mass is 223 g/mol. The van der Waals surface area contributed by atoms with Crippen LogP contribution in [0.5, 0.6) is 0 Å². The molecule has 0 radical (unpaired) electrons. The summed E-state index contributed by atoms with van der Waals surface area (Å²) in [4.78, 5) is 12.0. The molecule has 0 aliphatic heterocycles. The molecule has 2 nitrogen and oxygen atoms in total. The Morgan fingerprint density at radius 1 is 1.60 bits per heavy atom. The van der Waals surface area contributed by atoms with Crippen molar-refractivity contribution in [2.24, 2.45) is 0 Å². The second-order valence-electron chi connectivity index (χ2n) is 2.77. The molecule has 0 fully saturated rings. The highest BCUT2D eigenvalue weighted by atomic mass is 32.1. The molecule has 0 bridgehead atoms. The van der Waals surface area contributed by atoms with Crippen LogP contribution in [0.2, 0.25) is 0 Å². The Labute approximate surface area is 93.3 Å². The number of amides is 1. The molecule has 1 aromatic carbocycles. The third-order valence-electron chi connectivity index (χ3n) is 1.71. The summed E-state index contributed by atoms with van der Waals surface area (Å²) in [5.41, 5.74) is -0.0135. The minimum Gasteiger partial charge on any atom is -0.341 e. The van der Waals surface area contributed by atoms with Crippen LogP contribution in [0.15, 0.2) is 23.1 Å². The lowest BCUT2D eigenvalue weighted by molar-refractivity contribution is 0.0954. The molecule has 4 heteroatoms. The summed E-state index contributed by atoms with van der Waals surface area (Å²) >= 11 is 4.03. The maximum atomic E-state index is 13.2. The molecule has 0 heterocycles. The van der Waals surface area contributed by atoms with Gasteiger partial charge in [0.25, 0.3) is 5.91 Å². The van der Waals surface area contributed by atoms with Crippen LogP contribution in [0.25, 0.3) is 0 Å². The summed E-state index contributed by atoms with van der Waals surface area (Å²) in [7, 11) is 0. The smallest absolute Gasteiger partial charge is 0.255 e. The summed E-state index contributed by atoms with van der Waals surface area (Å²) < 4.78 is 13.2. The highest BCUT2D eigenvalue weighted by Gasteiger charge is 2.10. The highest BCUT2D eigenvalue weighted by Crippen LogP contribution is 2.13. The molecule has 1 aromatic rings. The zero-order valence-corrected chi connectivity index (χ0v) is 9.07. The Morgan fingerprint density at radius 2 is 2.33 bits per heavy atom. The van der Waals surface area contributed by atoms with Gasteiger partial charge in [-0.15, -0.1) is 18.5 Å². The Bertz CT molecular complexity index is 434. The quantitative estimate of drug-likeness (QED) is 0.581. The summed E-state index contributed by atoms with van der Waals surface area (Å²) in [5, 5.41) is 2.48. The maximum Gasteiger partial charge on any atom is 0.255 e. The van der Waals surface area contributed by atoms with E-state index in [4.69, 9.17) is 0 Å². The molecule has 15 heavy (non-hydrogen) atoms. The molecule has 0 aliphatic rings. The molecule has 78 valence electrons. The van der Waals surface area contributed by atoms with Gasteiger partial charge in [-0.25, -0.2) is 4.39 Å². The van der Waals surface area contributed by atoms with E-state index in [1.807, 2.05) is 0 Å². The highest BCUT2D eigenvalue weighted by molar-refractivity contribution is 7.80. The van der Waals surface area contributed by atoms with E-state index in [9.17, 15) is 9.18 Å². The predicted molar refractivity (Wildman–Crippen MR) is 59.4 cm³/mol. The number of benzene rings is 1. The van der Waals surface area contributed by atoms with Crippen molar-refractivity contribution in [3.8, 4) is 11.8 Å². The third kappa shape index (κ3) is 3.30. The minimum atomic E-state index is -0.560. The average Bonchev–Trinajstić information content (AvgIpc) is 2.22. The van der Waals surface area contributed by atoms with Gasteiger partial charge in [-0.2, -0.15) is 0 Å². The second-order valence-corrected chi connectivity index (χ2v) is 3.29. The molecule has 0 unspecified atom stereocenters. The summed E-state index contributed by atoms with van der Waals surface area (Å²) in [5.74, 6) is 4.25. The first-order valence-corrected chi connectivity index (χ1v) is 4.76. The number of thiol groups is 1. The molecular formula is C11H10FNOS. The van der Waals surface area contributed by atoms with Gasteiger partial charge < -0.3 is 5.32 Å². The number of halogens is 1. The van der Waals surface area contributed by atoms with Crippen LogP contribution in [0.1, 0.15) is 17.3 Å². The number of hydrogen-bond donors (Lipinski definition) is 2. The van der Waals surface area contributed by atoms with E-state index in [2.05, 4.69) is 29.8 Å². The van der Waals surface area contributed by atoms with Crippen molar-refractivity contribution >= 4 is 18.5 Å². The van der Waals surface area contributed by atoms with Crippen LogP contribution >= 0.6 is 12.6 Å². The van der Waals surface area contributed by atoms with Gasteiger partial charge in [0.1, 0.15) is 5.82 Å². The van der Waals surface area contributed by atoms with E-state index < -0.39 is 11.7 Å². The van der Waals surface area contributed by atoms with Gasteiger partial charge in [0.05, 0.1) is 12.1 Å². The molecular weight excluding hydrogens is 213 g/mol. The van der Waals surface area contributed by atoms with Crippen molar-refractivity contribution in [2.75, 3.05) is 6.54 Å². The van der Waals surface area contributed by atoms with Crippen LogP contribution < -0.4 is 5.32 Å². The maximum absolute atomic E-state index is 13.2. The van der Waals surface area contributed by atoms with Crippen molar-refractivity contribution in [3.05, 3.63) is 29.6 Å². The van der Waals surface area contributed by atoms with Gasteiger partial charge >= 0.3 is 0 Å². The molecule has 1 N–H and O–H groups in total. The SMILES string of the molecule is CC#CCNC(=O)c1cc(S)ccc1F. The second kappa shape index (κ2) is 5.42. The lowest BCUT2D eigenvalue weighted by atomic mass is 10.2. The Morgan fingerprint density at radius 3 is 3.00 bits per heavy atom. The van der Waals surface area contributed by atoms with Crippen LogP contribution in [-0.2, 0) is 0 Å². The van der Waals surface area contributed by atoms with Crippen molar-refractivity contribution in [3.63, 3.8) is 0 Å². The lowest BCUT2D eigenvalue weighted by Crippen LogP contribution is -2.24. The molecule has 0 saturated heterocycles. The lowest BCUT2D eigenvalue weighted by Gasteiger charge is -2.03. The van der Waals surface area contributed by atoms with Gasteiger partial charge in [-0.3, -0.25) is 4.79 Å². The summed E-state index contributed by atoms with van der Waals surface area (Å²) in [6.07, 6.45) is 0. The van der Waals surface area contributed by atoms with Crippen molar-refractivity contribution in [2.45, 2.75) is 11.8 Å². The normalized spacial score (nSPS) is 9.00. The zero-order chi connectivity index (χ0) is 11.3. The number of nitrogens with one attached hydrogen (secondary N) is 1. The van der Waals surface area contributed by atoms with Crippen LogP contribution in [0, 0.1) is 17.7 Å². The largest absolute Gasteiger partial charge is 0.341 e. The van der Waals surface area contributed by atoms with E-state index in [-0.39, 0.29) is 12.1 Å². The van der Waals surface area contributed by atoms with Crippen LogP contribution in [0.4, 0.5) is 4.39 Å². The van der Waals surface area contributed by atoms with Gasteiger partial charge in [-0.1, -0.05) is 5.92 Å². The topological polar surface area (TPSA) is 29.1 Å². The van der Waals surface area contributed by atoms with E-state index in [1.165, 1.54) is 18.2 Å². The zero-order valence-electron chi connectivity index (χ0n) is 8.17. The standard InChI is InChI=1S/C11H10FNOS/c1-2-3-6-13-11(14)9-7-8(15)4-5-10(9)12/h4-5,7,15H,6H2,1H3,(H,13,14). The number of hydrogen-bond acceptors (Lipinski definition) is 2. The fraction of sp³-hybridized carbons (Fsp3) is 0.182.